The van der Waals surface area contributed by atoms with E-state index in [-0.39, 0.29) is 0 Å². The van der Waals surface area contributed by atoms with Crippen molar-refractivity contribution in [2.45, 2.75) is 116 Å². The van der Waals surface area contributed by atoms with Crippen LogP contribution in [0.5, 0.6) is 0 Å². The van der Waals surface area contributed by atoms with E-state index in [1.165, 1.54) is 12.8 Å². The van der Waals surface area contributed by atoms with Gasteiger partial charge in [-0.25, -0.2) is 0 Å². The molecule has 0 aromatic carbocycles. The Balaban J connectivity index is 1.59. The second-order valence-electron chi connectivity index (χ2n) is 11.4. The average molecular weight is 357 g/mol. The van der Waals surface area contributed by atoms with Crippen LogP contribution in [0.3, 0.4) is 0 Å². The van der Waals surface area contributed by atoms with E-state index in [0.717, 1.165) is 46.8 Å². The molecule has 0 aromatic heterocycles. The third kappa shape index (κ3) is 2.75. The highest BCUT2D eigenvalue weighted by molar-refractivity contribution is 5.13. The van der Waals surface area contributed by atoms with Crippen molar-refractivity contribution >= 4 is 0 Å². The first kappa shape index (κ1) is 18.1. The van der Waals surface area contributed by atoms with Gasteiger partial charge in [-0.15, -0.1) is 0 Å². The number of rotatable bonds is 2. The van der Waals surface area contributed by atoms with Gasteiger partial charge in [0.2, 0.25) is 0 Å². The summed E-state index contributed by atoms with van der Waals surface area (Å²) >= 11 is 0. The molecule has 0 heterocycles. The standard InChI is InChI=1S/C26H44/c1-19-16-17-23-22-14-8-9-15-24(22)26(25(23)18-19,20-10-4-2-5-11-20)21-12-6-3-7-13-21/h19-25H,2-18H2,1H3. The summed E-state index contributed by atoms with van der Waals surface area (Å²) in [5, 5.41) is 0. The molecule has 5 saturated carbocycles. The predicted molar refractivity (Wildman–Crippen MR) is 111 cm³/mol. The quantitative estimate of drug-likeness (QED) is 0.470. The third-order valence-corrected chi connectivity index (χ3v) is 10.4. The Morgan fingerprint density at radius 3 is 1.69 bits per heavy atom. The van der Waals surface area contributed by atoms with Crippen LogP contribution in [0.1, 0.15) is 116 Å². The lowest BCUT2D eigenvalue weighted by Crippen LogP contribution is -2.49. The molecular formula is C26H44. The predicted octanol–water partition coefficient (Wildman–Crippen LogP) is 8.01. The first-order valence-corrected chi connectivity index (χ1v) is 12.8. The van der Waals surface area contributed by atoms with Gasteiger partial charge in [0.25, 0.3) is 0 Å². The normalized spacial score (nSPS) is 44.4. The Hall–Kier alpha value is 0. The minimum Gasteiger partial charge on any atom is -0.0625 e. The lowest BCUT2D eigenvalue weighted by Gasteiger charge is -2.56. The number of hydrogen-bond acceptors (Lipinski definition) is 0. The molecule has 5 rings (SSSR count). The van der Waals surface area contributed by atoms with Gasteiger partial charge in [-0.2, -0.15) is 0 Å². The summed E-state index contributed by atoms with van der Waals surface area (Å²) < 4.78 is 0. The Morgan fingerprint density at radius 2 is 1.04 bits per heavy atom. The Morgan fingerprint density at radius 1 is 0.500 bits per heavy atom. The summed E-state index contributed by atoms with van der Waals surface area (Å²) in [6, 6.07) is 0. The summed E-state index contributed by atoms with van der Waals surface area (Å²) in [7, 11) is 0. The fourth-order valence-corrected chi connectivity index (χ4v) is 9.81. The molecular weight excluding hydrogens is 312 g/mol. The highest BCUT2D eigenvalue weighted by Crippen LogP contribution is 2.72. The van der Waals surface area contributed by atoms with E-state index in [9.17, 15) is 0 Å². The Labute approximate surface area is 163 Å². The van der Waals surface area contributed by atoms with Crippen molar-refractivity contribution in [3.05, 3.63) is 0 Å². The van der Waals surface area contributed by atoms with Gasteiger partial charge < -0.3 is 0 Å². The van der Waals surface area contributed by atoms with Crippen LogP contribution in [-0.4, -0.2) is 0 Å². The maximum atomic E-state index is 2.60. The summed E-state index contributed by atoms with van der Waals surface area (Å²) in [5.74, 6) is 7.80. The van der Waals surface area contributed by atoms with Gasteiger partial charge in [-0.05, 0) is 98.2 Å². The lowest BCUT2D eigenvalue weighted by molar-refractivity contribution is -0.0781. The van der Waals surface area contributed by atoms with Crippen LogP contribution < -0.4 is 0 Å². The molecule has 5 aliphatic carbocycles. The van der Waals surface area contributed by atoms with Crippen LogP contribution in [0.2, 0.25) is 0 Å². The van der Waals surface area contributed by atoms with E-state index in [4.69, 9.17) is 0 Å². The van der Waals surface area contributed by atoms with Crippen LogP contribution in [0, 0.1) is 46.8 Å². The molecule has 5 aliphatic rings. The maximum absolute atomic E-state index is 2.60. The monoisotopic (exact) mass is 356 g/mol. The molecule has 0 bridgehead atoms. The van der Waals surface area contributed by atoms with E-state index in [2.05, 4.69) is 6.92 Å². The molecule has 0 spiro atoms. The average Bonchev–Trinajstić information content (AvgIpc) is 3.00. The largest absolute Gasteiger partial charge is 0.0625 e. The van der Waals surface area contributed by atoms with Crippen molar-refractivity contribution in [1.82, 2.24) is 0 Å². The molecule has 0 nitrogen and oxygen atoms in total. The molecule has 0 radical (unpaired) electrons. The molecule has 0 amide bonds. The molecule has 0 heteroatoms. The minimum absolute atomic E-state index is 0.797. The van der Waals surface area contributed by atoms with Gasteiger partial charge in [0.15, 0.2) is 0 Å². The van der Waals surface area contributed by atoms with Crippen LogP contribution in [-0.2, 0) is 0 Å². The highest BCUT2D eigenvalue weighted by Gasteiger charge is 2.65. The second-order valence-corrected chi connectivity index (χ2v) is 11.4. The topological polar surface area (TPSA) is 0 Å². The highest BCUT2D eigenvalue weighted by atomic mass is 14.7. The first-order chi connectivity index (χ1) is 12.8. The van der Waals surface area contributed by atoms with Crippen LogP contribution in [0.15, 0.2) is 0 Å². The van der Waals surface area contributed by atoms with Crippen LogP contribution in [0.4, 0.5) is 0 Å². The van der Waals surface area contributed by atoms with Gasteiger partial charge in [-0.1, -0.05) is 64.7 Å². The Bertz CT molecular complexity index is 448. The molecule has 26 heavy (non-hydrogen) atoms. The van der Waals surface area contributed by atoms with Gasteiger partial charge >= 0.3 is 0 Å². The molecule has 0 aliphatic heterocycles. The van der Waals surface area contributed by atoms with Crippen molar-refractivity contribution in [2.24, 2.45) is 46.8 Å². The zero-order valence-corrected chi connectivity index (χ0v) is 17.6. The van der Waals surface area contributed by atoms with Crippen molar-refractivity contribution in [2.75, 3.05) is 0 Å². The first-order valence-electron chi connectivity index (χ1n) is 12.8. The Kier molecular flexibility index (Phi) is 5.17. The van der Waals surface area contributed by atoms with Crippen molar-refractivity contribution < 1.29 is 0 Å². The molecule has 0 N–H and O–H groups in total. The summed E-state index contributed by atoms with van der Waals surface area (Å²) in [6.07, 6.45) is 26.9. The van der Waals surface area contributed by atoms with E-state index < -0.39 is 0 Å². The van der Waals surface area contributed by atoms with Crippen molar-refractivity contribution in [3.63, 3.8) is 0 Å². The van der Waals surface area contributed by atoms with E-state index >= 15 is 0 Å². The summed E-state index contributed by atoms with van der Waals surface area (Å²) in [5.41, 5.74) is 0.797. The lowest BCUT2D eigenvalue weighted by atomic mass is 9.48. The molecule has 5 unspecified atom stereocenters. The zero-order chi connectivity index (χ0) is 17.6. The van der Waals surface area contributed by atoms with Crippen molar-refractivity contribution in [3.8, 4) is 0 Å². The third-order valence-electron chi connectivity index (χ3n) is 10.4. The fraction of sp³-hybridized carbons (Fsp3) is 1.00. The smallest absolute Gasteiger partial charge is 0.0179 e. The molecule has 148 valence electrons. The van der Waals surface area contributed by atoms with Gasteiger partial charge in [-0.3, -0.25) is 0 Å². The van der Waals surface area contributed by atoms with Crippen LogP contribution >= 0.6 is 0 Å². The SMILES string of the molecule is CC1CCC2C3CCCCC3C(C3CCCCC3)(C3CCCCC3)C2C1. The molecule has 5 atom stereocenters. The summed E-state index contributed by atoms with van der Waals surface area (Å²) in [4.78, 5) is 0. The molecule has 0 aromatic rings. The van der Waals surface area contributed by atoms with Gasteiger partial charge in [0.1, 0.15) is 0 Å². The van der Waals surface area contributed by atoms with Gasteiger partial charge in [0.05, 0.1) is 0 Å². The van der Waals surface area contributed by atoms with E-state index in [0.29, 0.717) is 0 Å². The van der Waals surface area contributed by atoms with E-state index in [1.54, 1.807) is 96.3 Å². The molecule has 5 fully saturated rings. The van der Waals surface area contributed by atoms with Crippen LogP contribution in [0.25, 0.3) is 0 Å². The second kappa shape index (κ2) is 7.44. The van der Waals surface area contributed by atoms with E-state index in [1.807, 2.05) is 0 Å². The number of fused-ring (bicyclic) bond motifs is 3. The maximum Gasteiger partial charge on any atom is -0.0179 e. The number of hydrogen-bond donors (Lipinski definition) is 0. The van der Waals surface area contributed by atoms with Gasteiger partial charge in [0, 0.05) is 0 Å². The zero-order valence-electron chi connectivity index (χ0n) is 17.6. The summed E-state index contributed by atoms with van der Waals surface area (Å²) in [6.45, 7) is 2.60. The molecule has 0 saturated heterocycles. The fourth-order valence-electron chi connectivity index (χ4n) is 9.81. The minimum atomic E-state index is 0.797. The van der Waals surface area contributed by atoms with Crippen molar-refractivity contribution in [1.29, 1.82) is 0 Å².